The van der Waals surface area contributed by atoms with E-state index in [1.54, 1.807) is 0 Å². The van der Waals surface area contributed by atoms with Crippen molar-refractivity contribution in [3.63, 3.8) is 0 Å². The van der Waals surface area contributed by atoms with Crippen molar-refractivity contribution in [3.05, 3.63) is 0 Å². The quantitative estimate of drug-likeness (QED) is 0.607. The molecule has 0 aromatic rings. The molecular weight excluding hydrogens is 138 g/mol. The lowest BCUT2D eigenvalue weighted by Crippen LogP contribution is -2.14. The molecule has 0 bridgehead atoms. The molecule has 1 aliphatic heterocycles. The minimum absolute atomic E-state index is 0.315. The first-order valence-electron chi connectivity index (χ1n) is 4.54. The van der Waals surface area contributed by atoms with Gasteiger partial charge in [-0.1, -0.05) is 13.3 Å². The molecule has 0 spiro atoms. The van der Waals surface area contributed by atoms with Crippen LogP contribution < -0.4 is 5.32 Å². The number of hydrogen-bond acceptors (Lipinski definition) is 2. The number of carbonyl (C=O) groups is 1. The molecule has 64 valence electrons. The van der Waals surface area contributed by atoms with E-state index in [9.17, 15) is 4.79 Å². The zero-order chi connectivity index (χ0) is 8.10. The van der Waals surface area contributed by atoms with E-state index in [4.69, 9.17) is 0 Å². The maximum absolute atomic E-state index is 10.7. The summed E-state index contributed by atoms with van der Waals surface area (Å²) in [6.45, 7) is 4.27. The van der Waals surface area contributed by atoms with Crippen LogP contribution in [0.5, 0.6) is 0 Å². The minimum atomic E-state index is 0.315. The van der Waals surface area contributed by atoms with E-state index in [2.05, 4.69) is 12.2 Å². The normalized spacial score (nSPS) is 32.8. The number of nitrogens with one attached hydrogen (secondary N) is 1. The molecule has 2 nitrogen and oxygen atoms in total. The van der Waals surface area contributed by atoms with Gasteiger partial charge in [0, 0.05) is 5.92 Å². The second-order valence-electron chi connectivity index (χ2n) is 3.30. The monoisotopic (exact) mass is 155 g/mol. The van der Waals surface area contributed by atoms with Gasteiger partial charge >= 0.3 is 0 Å². The van der Waals surface area contributed by atoms with Gasteiger partial charge in [-0.25, -0.2) is 0 Å². The molecule has 11 heavy (non-hydrogen) atoms. The minimum Gasteiger partial charge on any atom is -0.317 e. The SMILES string of the molecule is CCC1CCNCCC1C=O. The van der Waals surface area contributed by atoms with Gasteiger partial charge in [-0.05, 0) is 31.8 Å². The van der Waals surface area contributed by atoms with E-state index in [0.29, 0.717) is 11.8 Å². The Kier molecular flexibility index (Phi) is 3.57. The van der Waals surface area contributed by atoms with Crippen LogP contribution in [0.15, 0.2) is 0 Å². The van der Waals surface area contributed by atoms with Gasteiger partial charge in [0.1, 0.15) is 6.29 Å². The topological polar surface area (TPSA) is 29.1 Å². The van der Waals surface area contributed by atoms with E-state index in [1.807, 2.05) is 0 Å². The molecule has 2 unspecified atom stereocenters. The van der Waals surface area contributed by atoms with Crippen LogP contribution in [0, 0.1) is 11.8 Å². The summed E-state index contributed by atoms with van der Waals surface area (Å²) in [6, 6.07) is 0. The average molecular weight is 155 g/mol. The molecule has 2 heteroatoms. The van der Waals surface area contributed by atoms with Crippen LogP contribution in [-0.4, -0.2) is 19.4 Å². The number of carbonyl (C=O) groups excluding carboxylic acids is 1. The van der Waals surface area contributed by atoms with Crippen molar-refractivity contribution in [2.45, 2.75) is 26.2 Å². The third-order valence-corrected chi connectivity index (χ3v) is 2.65. The van der Waals surface area contributed by atoms with Crippen molar-refractivity contribution in [2.75, 3.05) is 13.1 Å². The molecular formula is C9H17NO. The van der Waals surface area contributed by atoms with Crippen LogP contribution in [0.2, 0.25) is 0 Å². The third kappa shape index (κ3) is 2.29. The molecule has 1 heterocycles. The first kappa shape index (κ1) is 8.72. The van der Waals surface area contributed by atoms with E-state index < -0.39 is 0 Å². The fraction of sp³-hybridized carbons (Fsp3) is 0.889. The van der Waals surface area contributed by atoms with Crippen molar-refractivity contribution in [3.8, 4) is 0 Å². The fourth-order valence-electron chi connectivity index (χ4n) is 1.82. The van der Waals surface area contributed by atoms with Gasteiger partial charge in [0.05, 0.1) is 0 Å². The lowest BCUT2D eigenvalue weighted by atomic mass is 9.87. The largest absolute Gasteiger partial charge is 0.317 e. The van der Waals surface area contributed by atoms with Crippen LogP contribution >= 0.6 is 0 Å². The highest BCUT2D eigenvalue weighted by Crippen LogP contribution is 2.22. The molecule has 1 aliphatic rings. The Hall–Kier alpha value is -0.370. The molecule has 1 N–H and O–H groups in total. The van der Waals surface area contributed by atoms with Gasteiger partial charge in [0.25, 0.3) is 0 Å². The van der Waals surface area contributed by atoms with E-state index in [0.717, 1.165) is 32.2 Å². The Bertz CT molecular complexity index is 125. The number of rotatable bonds is 2. The summed E-state index contributed by atoms with van der Waals surface area (Å²) in [5.74, 6) is 0.942. The van der Waals surface area contributed by atoms with Gasteiger partial charge in [-0.15, -0.1) is 0 Å². The van der Waals surface area contributed by atoms with Gasteiger partial charge in [0.15, 0.2) is 0 Å². The molecule has 1 saturated heterocycles. The number of hydrogen-bond donors (Lipinski definition) is 1. The highest BCUT2D eigenvalue weighted by molar-refractivity contribution is 5.54. The van der Waals surface area contributed by atoms with E-state index in [1.165, 1.54) is 6.42 Å². The van der Waals surface area contributed by atoms with Gasteiger partial charge in [-0.3, -0.25) is 0 Å². The Morgan fingerprint density at radius 1 is 1.45 bits per heavy atom. The lowest BCUT2D eigenvalue weighted by molar-refractivity contribution is -0.112. The fourth-order valence-corrected chi connectivity index (χ4v) is 1.82. The van der Waals surface area contributed by atoms with Crippen molar-refractivity contribution < 1.29 is 4.79 Å². The maximum atomic E-state index is 10.7. The van der Waals surface area contributed by atoms with Gasteiger partial charge in [-0.2, -0.15) is 0 Å². The van der Waals surface area contributed by atoms with Crippen molar-refractivity contribution in [1.29, 1.82) is 0 Å². The highest BCUT2D eigenvalue weighted by atomic mass is 16.1. The van der Waals surface area contributed by atoms with Crippen molar-refractivity contribution in [2.24, 2.45) is 11.8 Å². The zero-order valence-corrected chi connectivity index (χ0v) is 7.18. The molecule has 1 rings (SSSR count). The molecule has 0 radical (unpaired) electrons. The standard InChI is InChI=1S/C9H17NO/c1-2-8-3-5-10-6-4-9(8)7-11/h7-10H,2-6H2,1H3. The van der Waals surface area contributed by atoms with Gasteiger partial charge < -0.3 is 10.1 Å². The second-order valence-corrected chi connectivity index (χ2v) is 3.30. The predicted molar refractivity (Wildman–Crippen MR) is 45.4 cm³/mol. The second kappa shape index (κ2) is 4.50. The third-order valence-electron chi connectivity index (χ3n) is 2.65. The van der Waals surface area contributed by atoms with Crippen molar-refractivity contribution >= 4 is 6.29 Å². The molecule has 1 fully saturated rings. The van der Waals surface area contributed by atoms with Crippen molar-refractivity contribution in [1.82, 2.24) is 5.32 Å². The van der Waals surface area contributed by atoms with Crippen LogP contribution in [0.25, 0.3) is 0 Å². The molecule has 0 aromatic heterocycles. The van der Waals surface area contributed by atoms with E-state index in [-0.39, 0.29) is 0 Å². The lowest BCUT2D eigenvalue weighted by Gasteiger charge is -2.16. The molecule has 0 amide bonds. The van der Waals surface area contributed by atoms with Crippen LogP contribution in [-0.2, 0) is 4.79 Å². The Morgan fingerprint density at radius 3 is 2.82 bits per heavy atom. The smallest absolute Gasteiger partial charge is 0.123 e. The summed E-state index contributed by atoms with van der Waals surface area (Å²) in [6.07, 6.45) is 4.48. The Labute approximate surface area is 68.4 Å². The molecule has 0 aliphatic carbocycles. The Morgan fingerprint density at radius 2 is 2.18 bits per heavy atom. The summed E-state index contributed by atoms with van der Waals surface area (Å²) < 4.78 is 0. The summed E-state index contributed by atoms with van der Waals surface area (Å²) in [5.41, 5.74) is 0. The summed E-state index contributed by atoms with van der Waals surface area (Å²) >= 11 is 0. The Balaban J connectivity index is 2.47. The highest BCUT2D eigenvalue weighted by Gasteiger charge is 2.20. The average Bonchev–Trinajstić information content (AvgIpc) is 2.27. The van der Waals surface area contributed by atoms with Gasteiger partial charge in [0.2, 0.25) is 0 Å². The molecule has 0 aromatic carbocycles. The predicted octanol–water partition coefficient (Wildman–Crippen LogP) is 1.21. The summed E-state index contributed by atoms with van der Waals surface area (Å²) in [5, 5.41) is 3.32. The van der Waals surface area contributed by atoms with E-state index >= 15 is 0 Å². The van der Waals surface area contributed by atoms with Crippen LogP contribution in [0.3, 0.4) is 0 Å². The zero-order valence-electron chi connectivity index (χ0n) is 7.18. The molecule has 2 atom stereocenters. The summed E-state index contributed by atoms with van der Waals surface area (Å²) in [4.78, 5) is 10.7. The molecule has 0 saturated carbocycles. The first-order valence-corrected chi connectivity index (χ1v) is 4.54. The number of aldehydes is 1. The summed E-state index contributed by atoms with van der Waals surface area (Å²) in [7, 11) is 0. The van der Waals surface area contributed by atoms with Crippen LogP contribution in [0.4, 0.5) is 0 Å². The maximum Gasteiger partial charge on any atom is 0.123 e. The first-order chi connectivity index (χ1) is 5.38. The van der Waals surface area contributed by atoms with Crippen LogP contribution in [0.1, 0.15) is 26.2 Å².